The highest BCUT2D eigenvalue weighted by Gasteiger charge is 2.05. The molecule has 1 aromatic rings. The van der Waals surface area contributed by atoms with Gasteiger partial charge in [-0.15, -0.1) is 0 Å². The molecule has 0 saturated carbocycles. The molecule has 2 amide bonds. The van der Waals surface area contributed by atoms with Gasteiger partial charge in [-0.3, -0.25) is 20.4 Å². The van der Waals surface area contributed by atoms with Gasteiger partial charge < -0.3 is 9.47 Å². The van der Waals surface area contributed by atoms with Crippen molar-refractivity contribution in [2.45, 2.75) is 13.3 Å². The molecule has 0 bridgehead atoms. The number of benzene rings is 1. The zero-order chi connectivity index (χ0) is 14.8. The van der Waals surface area contributed by atoms with Crippen LogP contribution in [0, 0.1) is 0 Å². The van der Waals surface area contributed by atoms with Gasteiger partial charge in [0.2, 0.25) is 5.91 Å². The number of rotatable bonds is 7. The Balaban J connectivity index is 2.17. The fourth-order valence-electron chi connectivity index (χ4n) is 1.23. The number of halogens is 1. The molecule has 0 heterocycles. The number of nitrogens with one attached hydrogen (secondary N) is 2. The van der Waals surface area contributed by atoms with Gasteiger partial charge in [-0.05, 0) is 31.2 Å². The first-order valence-corrected chi connectivity index (χ1v) is 6.53. The zero-order valence-electron chi connectivity index (χ0n) is 11.1. The molecule has 110 valence electrons. The summed E-state index contributed by atoms with van der Waals surface area (Å²) in [4.78, 5) is 22.7. The third kappa shape index (κ3) is 6.96. The van der Waals surface area contributed by atoms with Crippen LogP contribution in [0.4, 0.5) is 0 Å². The Morgan fingerprint density at radius 3 is 2.45 bits per heavy atom. The van der Waals surface area contributed by atoms with Gasteiger partial charge in [0.15, 0.2) is 6.61 Å². The summed E-state index contributed by atoms with van der Waals surface area (Å²) in [6.07, 6.45) is 0.187. The van der Waals surface area contributed by atoms with Gasteiger partial charge in [-0.25, -0.2) is 0 Å². The number of amides is 2. The number of ether oxygens (including phenoxy) is 2. The van der Waals surface area contributed by atoms with Crippen molar-refractivity contribution in [3.8, 4) is 5.75 Å². The zero-order valence-corrected chi connectivity index (χ0v) is 11.9. The molecular formula is C13H17ClN2O4. The van der Waals surface area contributed by atoms with Crippen molar-refractivity contribution in [3.63, 3.8) is 0 Å². The van der Waals surface area contributed by atoms with Crippen molar-refractivity contribution >= 4 is 23.4 Å². The molecule has 1 rings (SSSR count). The van der Waals surface area contributed by atoms with Crippen LogP contribution in [0.2, 0.25) is 5.02 Å². The van der Waals surface area contributed by atoms with Gasteiger partial charge in [0.25, 0.3) is 5.91 Å². The second-order valence-electron chi connectivity index (χ2n) is 3.79. The molecule has 0 aliphatic heterocycles. The lowest BCUT2D eigenvalue weighted by molar-refractivity contribution is -0.130. The Labute approximate surface area is 122 Å². The van der Waals surface area contributed by atoms with Crippen LogP contribution in [0.25, 0.3) is 0 Å². The van der Waals surface area contributed by atoms with Gasteiger partial charge in [0, 0.05) is 11.6 Å². The Kier molecular flexibility index (Phi) is 7.46. The molecule has 0 aliphatic rings. The number of hydrogen-bond acceptors (Lipinski definition) is 4. The Morgan fingerprint density at radius 2 is 1.80 bits per heavy atom. The third-order valence-corrected chi connectivity index (χ3v) is 2.45. The van der Waals surface area contributed by atoms with E-state index in [4.69, 9.17) is 21.1 Å². The number of carbonyl (C=O) groups is 2. The predicted molar refractivity (Wildman–Crippen MR) is 74.3 cm³/mol. The first-order valence-electron chi connectivity index (χ1n) is 6.15. The minimum Gasteiger partial charge on any atom is -0.484 e. The van der Waals surface area contributed by atoms with Gasteiger partial charge >= 0.3 is 0 Å². The molecule has 1 aromatic carbocycles. The van der Waals surface area contributed by atoms with E-state index in [0.29, 0.717) is 24.0 Å². The highest BCUT2D eigenvalue weighted by atomic mass is 35.5. The summed E-state index contributed by atoms with van der Waals surface area (Å²) in [6.45, 7) is 2.51. The second-order valence-corrected chi connectivity index (χ2v) is 4.22. The molecule has 0 radical (unpaired) electrons. The van der Waals surface area contributed by atoms with Crippen molar-refractivity contribution in [2.24, 2.45) is 0 Å². The Hall–Kier alpha value is -1.79. The summed E-state index contributed by atoms with van der Waals surface area (Å²) < 4.78 is 10.2. The Morgan fingerprint density at radius 1 is 1.15 bits per heavy atom. The van der Waals surface area contributed by atoms with Crippen LogP contribution in [-0.4, -0.2) is 31.6 Å². The van der Waals surface area contributed by atoms with E-state index in [2.05, 4.69) is 10.9 Å². The van der Waals surface area contributed by atoms with Crippen molar-refractivity contribution in [1.29, 1.82) is 0 Å². The molecule has 0 fully saturated rings. The van der Waals surface area contributed by atoms with Crippen molar-refractivity contribution in [3.05, 3.63) is 29.3 Å². The SMILES string of the molecule is CCOCCC(=O)NNC(=O)COc1ccc(Cl)cc1. The summed E-state index contributed by atoms with van der Waals surface area (Å²) >= 11 is 5.72. The Bertz CT molecular complexity index is 437. The lowest BCUT2D eigenvalue weighted by Gasteiger charge is -2.08. The van der Waals surface area contributed by atoms with E-state index in [-0.39, 0.29) is 18.9 Å². The van der Waals surface area contributed by atoms with Crippen LogP contribution in [-0.2, 0) is 14.3 Å². The molecule has 0 spiro atoms. The molecule has 20 heavy (non-hydrogen) atoms. The van der Waals surface area contributed by atoms with E-state index in [1.165, 1.54) is 0 Å². The standard InChI is InChI=1S/C13H17ClN2O4/c1-2-19-8-7-12(17)15-16-13(18)9-20-11-5-3-10(14)4-6-11/h3-6H,2,7-9H2,1H3,(H,15,17)(H,16,18). The number of hydrazine groups is 1. The highest BCUT2D eigenvalue weighted by Crippen LogP contribution is 2.15. The van der Waals surface area contributed by atoms with Crippen molar-refractivity contribution < 1.29 is 19.1 Å². The molecule has 0 atom stereocenters. The summed E-state index contributed by atoms with van der Waals surface area (Å²) in [5.41, 5.74) is 4.51. The average molecular weight is 301 g/mol. The average Bonchev–Trinajstić information content (AvgIpc) is 2.45. The summed E-state index contributed by atoms with van der Waals surface area (Å²) in [5.74, 6) is -0.254. The first-order chi connectivity index (χ1) is 9.61. The molecule has 0 saturated heterocycles. The van der Waals surface area contributed by atoms with Crippen molar-refractivity contribution in [2.75, 3.05) is 19.8 Å². The van der Waals surface area contributed by atoms with E-state index < -0.39 is 5.91 Å². The molecular weight excluding hydrogens is 284 g/mol. The summed E-state index contributed by atoms with van der Waals surface area (Å²) in [7, 11) is 0. The molecule has 0 aliphatic carbocycles. The lowest BCUT2D eigenvalue weighted by Crippen LogP contribution is -2.44. The topological polar surface area (TPSA) is 76.7 Å². The normalized spacial score (nSPS) is 9.90. The molecule has 6 nitrogen and oxygen atoms in total. The predicted octanol–water partition coefficient (Wildman–Crippen LogP) is 1.29. The van der Waals surface area contributed by atoms with E-state index >= 15 is 0 Å². The van der Waals surface area contributed by atoms with E-state index in [0.717, 1.165) is 0 Å². The lowest BCUT2D eigenvalue weighted by atomic mass is 10.3. The maximum absolute atomic E-state index is 11.4. The third-order valence-electron chi connectivity index (χ3n) is 2.20. The van der Waals surface area contributed by atoms with Crippen LogP contribution < -0.4 is 15.6 Å². The maximum Gasteiger partial charge on any atom is 0.276 e. The van der Waals surface area contributed by atoms with Gasteiger partial charge in [-0.1, -0.05) is 11.6 Å². The van der Waals surface area contributed by atoms with Crippen LogP contribution in [0.5, 0.6) is 5.75 Å². The van der Waals surface area contributed by atoms with E-state index in [1.807, 2.05) is 6.92 Å². The quantitative estimate of drug-likeness (QED) is 0.588. The minimum absolute atomic E-state index is 0.187. The first kappa shape index (κ1) is 16.3. The van der Waals surface area contributed by atoms with Crippen molar-refractivity contribution in [1.82, 2.24) is 10.9 Å². The van der Waals surface area contributed by atoms with Gasteiger partial charge in [0.1, 0.15) is 5.75 Å². The highest BCUT2D eigenvalue weighted by molar-refractivity contribution is 6.30. The fraction of sp³-hybridized carbons (Fsp3) is 0.385. The van der Waals surface area contributed by atoms with Gasteiger partial charge in [0.05, 0.1) is 13.0 Å². The largest absolute Gasteiger partial charge is 0.484 e. The van der Waals surface area contributed by atoms with E-state index in [9.17, 15) is 9.59 Å². The fourth-order valence-corrected chi connectivity index (χ4v) is 1.35. The summed E-state index contributed by atoms with van der Waals surface area (Å²) in [5, 5.41) is 0.586. The van der Waals surface area contributed by atoms with Crippen LogP contribution in [0.1, 0.15) is 13.3 Å². The monoisotopic (exact) mass is 300 g/mol. The van der Waals surface area contributed by atoms with E-state index in [1.54, 1.807) is 24.3 Å². The minimum atomic E-state index is -0.454. The van der Waals surface area contributed by atoms with Crippen LogP contribution in [0.3, 0.4) is 0 Å². The number of carbonyl (C=O) groups excluding carboxylic acids is 2. The van der Waals surface area contributed by atoms with Gasteiger partial charge in [-0.2, -0.15) is 0 Å². The number of hydrogen-bond donors (Lipinski definition) is 2. The molecule has 2 N–H and O–H groups in total. The summed E-state index contributed by atoms with van der Waals surface area (Å²) in [6, 6.07) is 6.61. The van der Waals surface area contributed by atoms with Crippen LogP contribution in [0.15, 0.2) is 24.3 Å². The molecule has 0 aromatic heterocycles. The molecule has 7 heteroatoms. The van der Waals surface area contributed by atoms with Crippen LogP contribution >= 0.6 is 11.6 Å². The smallest absolute Gasteiger partial charge is 0.276 e. The second kappa shape index (κ2) is 9.17. The molecule has 0 unspecified atom stereocenters. The maximum atomic E-state index is 11.4.